The maximum absolute atomic E-state index is 14.3. The van der Waals surface area contributed by atoms with E-state index in [1.807, 2.05) is 0 Å². The van der Waals surface area contributed by atoms with Crippen LogP contribution in [-0.2, 0) is 11.8 Å². The van der Waals surface area contributed by atoms with E-state index in [9.17, 15) is 23.5 Å². The summed E-state index contributed by atoms with van der Waals surface area (Å²) >= 11 is 5.82. The van der Waals surface area contributed by atoms with Gasteiger partial charge in [-0.15, -0.1) is 0 Å². The van der Waals surface area contributed by atoms with Gasteiger partial charge in [0.25, 0.3) is 5.91 Å². The number of amides is 1. The minimum absolute atomic E-state index is 0.00209. The zero-order valence-corrected chi connectivity index (χ0v) is 16.0. The zero-order valence-electron chi connectivity index (χ0n) is 15.3. The number of hydrogen-bond donors (Lipinski definition) is 2. The molecule has 0 aliphatic carbocycles. The molecule has 29 heavy (non-hydrogen) atoms. The van der Waals surface area contributed by atoms with Gasteiger partial charge in [0, 0.05) is 18.1 Å². The van der Waals surface area contributed by atoms with Crippen LogP contribution in [0.15, 0.2) is 36.5 Å². The molecule has 2 N–H and O–H groups in total. The van der Waals surface area contributed by atoms with Crippen molar-refractivity contribution in [2.75, 3.05) is 0 Å². The van der Waals surface area contributed by atoms with Gasteiger partial charge in [-0.3, -0.25) is 9.48 Å². The van der Waals surface area contributed by atoms with Crippen LogP contribution in [0.3, 0.4) is 0 Å². The van der Waals surface area contributed by atoms with Crippen LogP contribution in [0.1, 0.15) is 27.7 Å². The Morgan fingerprint density at radius 2 is 1.90 bits per heavy atom. The first kappa shape index (κ1) is 20.4. The second kappa shape index (κ2) is 7.96. The maximum Gasteiger partial charge on any atom is 0.330 e. The van der Waals surface area contributed by atoms with Gasteiger partial charge >= 0.3 is 5.97 Å². The fraction of sp³-hybridized carbons (Fsp3) is 0.158. The number of halogens is 3. The zero-order chi connectivity index (χ0) is 21.3. The summed E-state index contributed by atoms with van der Waals surface area (Å²) in [5.74, 6) is -3.94. The van der Waals surface area contributed by atoms with Gasteiger partial charge in [-0.2, -0.15) is 5.10 Å². The lowest BCUT2D eigenvalue weighted by Crippen LogP contribution is -2.34. The lowest BCUT2D eigenvalue weighted by molar-refractivity contribution is -0.139. The Morgan fingerprint density at radius 1 is 1.24 bits per heavy atom. The number of nitrogens with zero attached hydrogens (tertiary/aromatic N) is 3. The number of nitrogens with one attached hydrogen (secondary N) is 1. The number of pyridine rings is 1. The highest BCUT2D eigenvalue weighted by Crippen LogP contribution is 2.27. The molecule has 1 atom stereocenters. The van der Waals surface area contributed by atoms with E-state index in [1.54, 1.807) is 0 Å². The molecule has 0 saturated heterocycles. The lowest BCUT2D eigenvalue weighted by Gasteiger charge is -2.16. The number of carbonyl (C=O) groups excluding carboxylic acids is 1. The summed E-state index contributed by atoms with van der Waals surface area (Å²) in [6.45, 7) is 1.51. The Hall–Kier alpha value is -3.33. The third-order valence-electron chi connectivity index (χ3n) is 4.21. The number of hydrogen-bond acceptors (Lipinski definition) is 4. The molecule has 1 aromatic carbocycles. The van der Waals surface area contributed by atoms with Gasteiger partial charge in [0.2, 0.25) is 0 Å². The first-order valence-corrected chi connectivity index (χ1v) is 8.71. The minimum atomic E-state index is -1.38. The number of aliphatic carboxylic acids is 1. The molecule has 0 aliphatic heterocycles. The molecule has 1 unspecified atom stereocenters. The third-order valence-corrected chi connectivity index (χ3v) is 4.46. The molecule has 1 amide bonds. The van der Waals surface area contributed by atoms with E-state index >= 15 is 0 Å². The fourth-order valence-corrected chi connectivity index (χ4v) is 3.06. The summed E-state index contributed by atoms with van der Waals surface area (Å²) in [4.78, 5) is 28.4. The number of aromatic nitrogens is 3. The fourth-order valence-electron chi connectivity index (χ4n) is 2.94. The van der Waals surface area contributed by atoms with Crippen LogP contribution in [0.2, 0.25) is 5.02 Å². The van der Waals surface area contributed by atoms with Crippen LogP contribution in [0.25, 0.3) is 11.4 Å². The van der Waals surface area contributed by atoms with Crippen LogP contribution < -0.4 is 5.32 Å². The number of aryl methyl sites for hydroxylation is 2. The molecular weight excluding hydrogens is 406 g/mol. The molecule has 150 valence electrons. The molecule has 0 bridgehead atoms. The summed E-state index contributed by atoms with van der Waals surface area (Å²) in [6.07, 6.45) is 0.816. The van der Waals surface area contributed by atoms with Crippen molar-refractivity contribution >= 4 is 23.5 Å². The van der Waals surface area contributed by atoms with Crippen LogP contribution >= 0.6 is 11.6 Å². The SMILES string of the molecule is Cc1nn(C)c(-c2ncc(F)cc2F)c1C(=O)NC(C(=O)O)c1ccc(Cl)cc1. The standard InChI is InChI=1S/C19H15ClF2N4O3/c1-9-14(17(26(2)25-9)16-13(22)7-12(21)8-23-16)18(27)24-15(19(28)29)10-3-5-11(20)6-4-10/h3-8,15H,1-2H3,(H,24,27)(H,28,29). The smallest absolute Gasteiger partial charge is 0.330 e. The van der Waals surface area contributed by atoms with Crippen LogP contribution in [0, 0.1) is 18.6 Å². The summed E-state index contributed by atoms with van der Waals surface area (Å²) in [5, 5.41) is 16.5. The van der Waals surface area contributed by atoms with Gasteiger partial charge in [-0.05, 0) is 24.6 Å². The van der Waals surface area contributed by atoms with Crippen molar-refractivity contribution < 1.29 is 23.5 Å². The highest BCUT2D eigenvalue weighted by Gasteiger charge is 2.29. The molecule has 0 saturated carbocycles. The van der Waals surface area contributed by atoms with Gasteiger partial charge in [0.05, 0.1) is 17.5 Å². The maximum atomic E-state index is 14.3. The van der Waals surface area contributed by atoms with Crippen molar-refractivity contribution in [3.8, 4) is 11.4 Å². The molecule has 2 aromatic heterocycles. The second-order valence-corrected chi connectivity index (χ2v) is 6.65. The Kier molecular flexibility index (Phi) is 5.60. The molecule has 7 nitrogen and oxygen atoms in total. The minimum Gasteiger partial charge on any atom is -0.479 e. The second-order valence-electron chi connectivity index (χ2n) is 6.21. The highest BCUT2D eigenvalue weighted by atomic mass is 35.5. The lowest BCUT2D eigenvalue weighted by atomic mass is 10.0. The monoisotopic (exact) mass is 420 g/mol. The molecule has 0 radical (unpaired) electrons. The van der Waals surface area contributed by atoms with Gasteiger partial charge < -0.3 is 10.4 Å². The van der Waals surface area contributed by atoms with Crippen molar-refractivity contribution in [1.82, 2.24) is 20.1 Å². The topological polar surface area (TPSA) is 97.1 Å². The van der Waals surface area contributed by atoms with E-state index in [1.165, 1.54) is 42.9 Å². The van der Waals surface area contributed by atoms with E-state index < -0.39 is 29.6 Å². The van der Waals surface area contributed by atoms with Crippen LogP contribution in [-0.4, -0.2) is 31.7 Å². The first-order chi connectivity index (χ1) is 13.7. The molecule has 0 aliphatic rings. The van der Waals surface area contributed by atoms with Crippen molar-refractivity contribution in [2.45, 2.75) is 13.0 Å². The molecular formula is C19H15ClF2N4O3. The summed E-state index contributed by atoms with van der Waals surface area (Å²) in [5.41, 5.74) is 0.177. The number of benzene rings is 1. The van der Waals surface area contributed by atoms with Gasteiger partial charge in [0.1, 0.15) is 17.2 Å². The van der Waals surface area contributed by atoms with E-state index in [2.05, 4.69) is 15.4 Å². The summed E-state index contributed by atoms with van der Waals surface area (Å²) in [6, 6.07) is 5.20. The summed E-state index contributed by atoms with van der Waals surface area (Å²) < 4.78 is 28.7. The molecule has 3 aromatic rings. The largest absolute Gasteiger partial charge is 0.479 e. The van der Waals surface area contributed by atoms with Crippen molar-refractivity contribution in [3.63, 3.8) is 0 Å². The molecule has 10 heteroatoms. The number of carboxylic acids is 1. The Labute approximate surface area is 168 Å². The molecule has 2 heterocycles. The van der Waals surface area contributed by atoms with Crippen LogP contribution in [0.4, 0.5) is 8.78 Å². The number of carboxylic acid groups (broad SMARTS) is 1. The van der Waals surface area contributed by atoms with Gasteiger partial charge in [-0.25, -0.2) is 18.6 Å². The van der Waals surface area contributed by atoms with Crippen molar-refractivity contribution in [2.24, 2.45) is 7.05 Å². The van der Waals surface area contributed by atoms with Crippen LogP contribution in [0.5, 0.6) is 0 Å². The first-order valence-electron chi connectivity index (χ1n) is 8.33. The predicted molar refractivity (Wildman–Crippen MR) is 100 cm³/mol. The van der Waals surface area contributed by atoms with Gasteiger partial charge in [0.15, 0.2) is 11.9 Å². The Balaban J connectivity index is 2.03. The quantitative estimate of drug-likeness (QED) is 0.660. The number of carbonyl (C=O) groups is 2. The number of rotatable bonds is 5. The predicted octanol–water partition coefficient (Wildman–Crippen LogP) is 3.28. The Morgan fingerprint density at radius 3 is 2.48 bits per heavy atom. The van der Waals surface area contributed by atoms with E-state index in [0.29, 0.717) is 16.7 Å². The van der Waals surface area contributed by atoms with Crippen molar-refractivity contribution in [1.29, 1.82) is 0 Å². The molecule has 0 spiro atoms. The molecule has 3 rings (SSSR count). The van der Waals surface area contributed by atoms with Gasteiger partial charge in [-0.1, -0.05) is 23.7 Å². The summed E-state index contributed by atoms with van der Waals surface area (Å²) in [7, 11) is 1.47. The van der Waals surface area contributed by atoms with E-state index in [0.717, 1.165) is 6.20 Å². The normalized spacial score (nSPS) is 11.9. The van der Waals surface area contributed by atoms with Crippen molar-refractivity contribution in [3.05, 3.63) is 70.0 Å². The van der Waals surface area contributed by atoms with E-state index in [4.69, 9.17) is 11.6 Å². The molecule has 0 fully saturated rings. The Bertz CT molecular complexity index is 1100. The van der Waals surface area contributed by atoms with E-state index in [-0.39, 0.29) is 22.6 Å². The average Bonchev–Trinajstić information content (AvgIpc) is 2.94. The highest BCUT2D eigenvalue weighted by molar-refractivity contribution is 6.30. The average molecular weight is 421 g/mol. The third kappa shape index (κ3) is 4.09.